The minimum atomic E-state index is -0.475. The van der Waals surface area contributed by atoms with Crippen molar-refractivity contribution in [2.45, 2.75) is 18.9 Å². The monoisotopic (exact) mass is 335 g/mol. The number of carbonyl (C=O) groups is 1. The molecule has 1 unspecified atom stereocenters. The Balaban J connectivity index is 1.62. The second kappa shape index (κ2) is 6.93. The van der Waals surface area contributed by atoms with Gasteiger partial charge in [-0.3, -0.25) is 4.79 Å². The van der Waals surface area contributed by atoms with E-state index in [1.807, 2.05) is 0 Å². The second-order valence-electron chi connectivity index (χ2n) is 5.18. The van der Waals surface area contributed by atoms with Crippen molar-refractivity contribution < 1.29 is 13.9 Å². The molecule has 1 fully saturated rings. The van der Waals surface area contributed by atoms with Crippen LogP contribution in [-0.2, 0) is 9.53 Å². The topological polar surface area (TPSA) is 63.2 Å². The molecule has 7 heteroatoms. The fourth-order valence-corrected chi connectivity index (χ4v) is 2.45. The lowest BCUT2D eigenvalue weighted by atomic mass is 10.2. The molecule has 3 rings (SSSR count). The molecular weight excluding hydrogens is 321 g/mol. The fraction of sp³-hybridized carbons (Fsp3) is 0.250. The zero-order chi connectivity index (χ0) is 16.2. The molecule has 1 amide bonds. The van der Waals surface area contributed by atoms with Crippen molar-refractivity contribution in [3.63, 3.8) is 0 Å². The van der Waals surface area contributed by atoms with Gasteiger partial charge in [-0.2, -0.15) is 0 Å². The Kier molecular flexibility index (Phi) is 4.73. The maximum atomic E-state index is 13.1. The van der Waals surface area contributed by atoms with Crippen LogP contribution in [0.25, 0.3) is 0 Å². The van der Waals surface area contributed by atoms with E-state index in [4.69, 9.17) is 16.3 Å². The van der Waals surface area contributed by atoms with Gasteiger partial charge >= 0.3 is 0 Å². The van der Waals surface area contributed by atoms with E-state index in [0.717, 1.165) is 12.8 Å². The number of nitrogens with zero attached hydrogens (tertiary/aromatic N) is 1. The van der Waals surface area contributed by atoms with Crippen LogP contribution in [-0.4, -0.2) is 23.6 Å². The van der Waals surface area contributed by atoms with Crippen molar-refractivity contribution in [1.29, 1.82) is 0 Å². The fourth-order valence-electron chi connectivity index (χ4n) is 2.27. The maximum Gasteiger partial charge on any atom is 0.253 e. The molecule has 1 aliphatic heterocycles. The zero-order valence-corrected chi connectivity index (χ0v) is 12.9. The van der Waals surface area contributed by atoms with Crippen molar-refractivity contribution in [2.75, 3.05) is 17.2 Å². The van der Waals surface area contributed by atoms with Gasteiger partial charge in [0.2, 0.25) is 0 Å². The number of hydrogen-bond donors (Lipinski definition) is 2. The number of rotatable bonds is 4. The van der Waals surface area contributed by atoms with E-state index in [2.05, 4.69) is 15.6 Å². The Morgan fingerprint density at radius 1 is 1.30 bits per heavy atom. The van der Waals surface area contributed by atoms with E-state index in [-0.39, 0.29) is 17.0 Å². The molecule has 2 aromatic rings. The first kappa shape index (κ1) is 15.7. The third-order valence-corrected chi connectivity index (χ3v) is 3.73. The van der Waals surface area contributed by atoms with Gasteiger partial charge in [-0.25, -0.2) is 9.37 Å². The molecule has 0 radical (unpaired) electrons. The van der Waals surface area contributed by atoms with Gasteiger partial charge in [0.05, 0.1) is 16.9 Å². The van der Waals surface area contributed by atoms with Crippen LogP contribution < -0.4 is 10.6 Å². The standard InChI is InChI=1S/C16H15ClFN3O2/c17-12-8-10(3-5-13(12)18)20-15-6-4-11(9-19-15)21-16(22)14-2-1-7-23-14/h3-6,8-9,14H,1-2,7H2,(H,19,20)(H,21,22). The predicted octanol–water partition coefficient (Wildman–Crippen LogP) is 3.74. The number of halogens is 2. The Morgan fingerprint density at radius 3 is 2.78 bits per heavy atom. The Hall–Kier alpha value is -2.18. The number of benzene rings is 1. The number of ether oxygens (including phenoxy) is 1. The number of anilines is 3. The van der Waals surface area contributed by atoms with Crippen LogP contribution in [0.1, 0.15) is 12.8 Å². The Labute approximate surface area is 137 Å². The SMILES string of the molecule is O=C(Nc1ccc(Nc2ccc(F)c(Cl)c2)nc1)C1CCCO1. The summed E-state index contributed by atoms with van der Waals surface area (Å²) in [5.74, 6) is -0.0736. The summed E-state index contributed by atoms with van der Waals surface area (Å²) < 4.78 is 18.4. The summed E-state index contributed by atoms with van der Waals surface area (Å²) >= 11 is 5.73. The van der Waals surface area contributed by atoms with E-state index in [0.29, 0.717) is 23.8 Å². The summed E-state index contributed by atoms with van der Waals surface area (Å²) in [6.07, 6.45) is 2.80. The van der Waals surface area contributed by atoms with Gasteiger partial charge in [0.15, 0.2) is 0 Å². The molecule has 0 spiro atoms. The molecule has 5 nitrogen and oxygen atoms in total. The number of nitrogens with one attached hydrogen (secondary N) is 2. The van der Waals surface area contributed by atoms with Gasteiger partial charge in [0.25, 0.3) is 5.91 Å². The largest absolute Gasteiger partial charge is 0.368 e. The van der Waals surface area contributed by atoms with Gasteiger partial charge in [-0.1, -0.05) is 11.6 Å². The van der Waals surface area contributed by atoms with Gasteiger partial charge < -0.3 is 15.4 Å². The van der Waals surface area contributed by atoms with E-state index in [1.165, 1.54) is 12.1 Å². The van der Waals surface area contributed by atoms with Crippen LogP contribution >= 0.6 is 11.6 Å². The normalized spacial score (nSPS) is 17.0. The average Bonchev–Trinajstić information content (AvgIpc) is 3.07. The Morgan fingerprint density at radius 2 is 2.13 bits per heavy atom. The van der Waals surface area contributed by atoms with Crippen molar-refractivity contribution in [3.8, 4) is 0 Å². The first-order valence-electron chi connectivity index (χ1n) is 7.22. The third kappa shape index (κ3) is 3.97. The smallest absolute Gasteiger partial charge is 0.253 e. The summed E-state index contributed by atoms with van der Waals surface area (Å²) in [4.78, 5) is 16.1. The number of hydrogen-bond acceptors (Lipinski definition) is 4. The first-order valence-corrected chi connectivity index (χ1v) is 7.60. The lowest BCUT2D eigenvalue weighted by Crippen LogP contribution is -2.26. The minimum Gasteiger partial charge on any atom is -0.368 e. The van der Waals surface area contributed by atoms with Gasteiger partial charge in [0.1, 0.15) is 17.7 Å². The van der Waals surface area contributed by atoms with Crippen molar-refractivity contribution in [1.82, 2.24) is 4.98 Å². The second-order valence-corrected chi connectivity index (χ2v) is 5.58. The van der Waals surface area contributed by atoms with Crippen LogP contribution in [0.4, 0.5) is 21.6 Å². The first-order chi connectivity index (χ1) is 11.1. The summed E-state index contributed by atoms with van der Waals surface area (Å²) in [7, 11) is 0. The molecule has 0 aliphatic carbocycles. The highest BCUT2D eigenvalue weighted by Gasteiger charge is 2.23. The van der Waals surface area contributed by atoms with E-state index in [1.54, 1.807) is 24.4 Å². The van der Waals surface area contributed by atoms with E-state index < -0.39 is 5.82 Å². The summed E-state index contributed by atoms with van der Waals surface area (Å²) in [5.41, 5.74) is 1.22. The van der Waals surface area contributed by atoms with Gasteiger partial charge in [-0.05, 0) is 43.2 Å². The molecule has 1 aliphatic rings. The minimum absolute atomic E-state index is 0.0375. The predicted molar refractivity (Wildman–Crippen MR) is 86.5 cm³/mol. The van der Waals surface area contributed by atoms with Crippen LogP contribution in [0.2, 0.25) is 5.02 Å². The van der Waals surface area contributed by atoms with Gasteiger partial charge in [0, 0.05) is 12.3 Å². The lowest BCUT2D eigenvalue weighted by Gasteiger charge is -2.11. The highest BCUT2D eigenvalue weighted by atomic mass is 35.5. The number of pyridine rings is 1. The van der Waals surface area contributed by atoms with E-state index >= 15 is 0 Å². The molecule has 120 valence electrons. The zero-order valence-electron chi connectivity index (χ0n) is 12.2. The highest BCUT2D eigenvalue weighted by Crippen LogP contribution is 2.22. The molecule has 0 saturated carbocycles. The molecule has 1 saturated heterocycles. The molecule has 2 N–H and O–H groups in total. The lowest BCUT2D eigenvalue weighted by molar-refractivity contribution is -0.124. The van der Waals surface area contributed by atoms with Crippen molar-refractivity contribution in [3.05, 3.63) is 47.4 Å². The molecule has 1 atom stereocenters. The average molecular weight is 336 g/mol. The maximum absolute atomic E-state index is 13.1. The summed E-state index contributed by atoms with van der Waals surface area (Å²) in [6.45, 7) is 0.624. The van der Waals surface area contributed by atoms with Crippen molar-refractivity contribution >= 4 is 34.7 Å². The highest BCUT2D eigenvalue weighted by molar-refractivity contribution is 6.31. The number of carbonyl (C=O) groups excluding carboxylic acids is 1. The van der Waals surface area contributed by atoms with Crippen LogP contribution in [0.5, 0.6) is 0 Å². The quantitative estimate of drug-likeness (QED) is 0.893. The summed E-state index contributed by atoms with van der Waals surface area (Å²) in [5, 5.41) is 5.81. The molecule has 2 heterocycles. The summed E-state index contributed by atoms with van der Waals surface area (Å²) in [6, 6.07) is 7.76. The number of aromatic nitrogens is 1. The third-order valence-electron chi connectivity index (χ3n) is 3.45. The van der Waals surface area contributed by atoms with Crippen LogP contribution in [0.3, 0.4) is 0 Å². The van der Waals surface area contributed by atoms with E-state index in [9.17, 15) is 9.18 Å². The van der Waals surface area contributed by atoms with Crippen molar-refractivity contribution in [2.24, 2.45) is 0 Å². The van der Waals surface area contributed by atoms with Crippen LogP contribution in [0, 0.1) is 5.82 Å². The molecule has 1 aromatic heterocycles. The number of amides is 1. The molecule has 1 aromatic carbocycles. The molecule has 0 bridgehead atoms. The van der Waals surface area contributed by atoms with Crippen LogP contribution in [0.15, 0.2) is 36.5 Å². The Bertz CT molecular complexity index is 703. The molecular formula is C16H15ClFN3O2. The van der Waals surface area contributed by atoms with Gasteiger partial charge in [-0.15, -0.1) is 0 Å². The molecule has 23 heavy (non-hydrogen) atoms.